The highest BCUT2D eigenvalue weighted by Crippen LogP contribution is 2.26. The zero-order chi connectivity index (χ0) is 26.4. The van der Waals surface area contributed by atoms with Crippen LogP contribution in [0.5, 0.6) is 5.75 Å². The quantitative estimate of drug-likeness (QED) is 0.430. The standard InChI is InChI=1S/C28H33FN4O4/c1-19(2)15-27(35)32(16-24-5-4-14-37-24)18-26(34)31-28-30-25(20-6-12-23(36-3)13-7-20)17-33(28)22-10-8-21(29)9-11-22/h6-13,17,19,24H,4-5,14-16,18H2,1-3H3,(H,30,31,34). The van der Waals surface area contributed by atoms with E-state index in [1.165, 1.54) is 12.1 Å². The molecule has 0 bridgehead atoms. The minimum atomic E-state index is -0.370. The first-order valence-electron chi connectivity index (χ1n) is 12.5. The van der Waals surface area contributed by atoms with Gasteiger partial charge in [-0.15, -0.1) is 0 Å². The minimum Gasteiger partial charge on any atom is -0.497 e. The number of carbonyl (C=O) groups is 2. The van der Waals surface area contributed by atoms with Crippen molar-refractivity contribution in [3.8, 4) is 22.7 Å². The second-order valence-corrected chi connectivity index (χ2v) is 9.58. The maximum atomic E-state index is 13.6. The maximum Gasteiger partial charge on any atom is 0.246 e. The van der Waals surface area contributed by atoms with E-state index >= 15 is 0 Å². The van der Waals surface area contributed by atoms with Gasteiger partial charge in [-0.3, -0.25) is 19.5 Å². The largest absolute Gasteiger partial charge is 0.497 e. The number of imidazole rings is 1. The molecule has 1 atom stereocenters. The Balaban J connectivity index is 1.58. The number of rotatable bonds is 10. The molecule has 1 aliphatic rings. The van der Waals surface area contributed by atoms with Crippen LogP contribution in [0.15, 0.2) is 54.7 Å². The van der Waals surface area contributed by atoms with Gasteiger partial charge in [-0.25, -0.2) is 9.37 Å². The Labute approximate surface area is 216 Å². The van der Waals surface area contributed by atoms with Gasteiger partial charge in [0.25, 0.3) is 0 Å². The predicted molar refractivity (Wildman–Crippen MR) is 139 cm³/mol. The van der Waals surface area contributed by atoms with E-state index in [4.69, 9.17) is 9.47 Å². The SMILES string of the molecule is COc1ccc(-c2cn(-c3ccc(F)cc3)c(NC(=O)CN(CC3CCCO3)C(=O)CC(C)C)n2)cc1. The number of methoxy groups -OCH3 is 1. The van der Waals surface area contributed by atoms with E-state index < -0.39 is 0 Å². The van der Waals surface area contributed by atoms with Crippen molar-refractivity contribution >= 4 is 17.8 Å². The number of anilines is 1. The summed E-state index contributed by atoms with van der Waals surface area (Å²) in [7, 11) is 1.60. The highest BCUT2D eigenvalue weighted by molar-refractivity contribution is 5.94. The zero-order valence-electron chi connectivity index (χ0n) is 21.4. The molecule has 1 N–H and O–H groups in total. The minimum absolute atomic E-state index is 0.0632. The number of nitrogens with one attached hydrogen (secondary N) is 1. The normalized spacial score (nSPS) is 15.1. The molecular formula is C28H33FN4O4. The van der Waals surface area contributed by atoms with Gasteiger partial charge >= 0.3 is 0 Å². The Hall–Kier alpha value is -3.72. The van der Waals surface area contributed by atoms with Crippen LogP contribution in [0.4, 0.5) is 10.3 Å². The lowest BCUT2D eigenvalue weighted by molar-refractivity contribution is -0.136. The number of carbonyl (C=O) groups excluding carboxylic acids is 2. The smallest absolute Gasteiger partial charge is 0.246 e. The van der Waals surface area contributed by atoms with E-state index in [0.29, 0.717) is 36.7 Å². The molecule has 0 spiro atoms. The van der Waals surface area contributed by atoms with Crippen LogP contribution in [0, 0.1) is 11.7 Å². The zero-order valence-corrected chi connectivity index (χ0v) is 21.4. The van der Waals surface area contributed by atoms with Crippen LogP contribution in [0.2, 0.25) is 0 Å². The topological polar surface area (TPSA) is 85.7 Å². The summed E-state index contributed by atoms with van der Waals surface area (Å²) in [5.41, 5.74) is 2.08. The summed E-state index contributed by atoms with van der Waals surface area (Å²) in [5.74, 6) is 0.348. The Morgan fingerprint density at radius 3 is 2.54 bits per heavy atom. The number of amides is 2. The van der Waals surface area contributed by atoms with Crippen LogP contribution in [0.25, 0.3) is 16.9 Å². The van der Waals surface area contributed by atoms with Crippen molar-refractivity contribution in [2.45, 2.75) is 39.2 Å². The van der Waals surface area contributed by atoms with Crippen LogP contribution in [0.3, 0.4) is 0 Å². The highest BCUT2D eigenvalue weighted by atomic mass is 19.1. The molecule has 1 unspecified atom stereocenters. The molecule has 37 heavy (non-hydrogen) atoms. The molecule has 1 aliphatic heterocycles. The summed E-state index contributed by atoms with van der Waals surface area (Å²) in [4.78, 5) is 32.3. The third-order valence-corrected chi connectivity index (χ3v) is 6.17. The number of ether oxygens (including phenoxy) is 2. The summed E-state index contributed by atoms with van der Waals surface area (Å²) >= 11 is 0. The molecule has 4 rings (SSSR count). The molecule has 196 valence electrons. The molecule has 1 saturated heterocycles. The van der Waals surface area contributed by atoms with Gasteiger partial charge in [0.1, 0.15) is 18.1 Å². The van der Waals surface area contributed by atoms with E-state index in [0.717, 1.165) is 18.4 Å². The molecule has 9 heteroatoms. The Kier molecular flexibility index (Phi) is 8.55. The van der Waals surface area contributed by atoms with Crippen molar-refractivity contribution < 1.29 is 23.5 Å². The molecule has 0 saturated carbocycles. The number of halogens is 1. The molecule has 1 fully saturated rings. The number of nitrogens with zero attached hydrogens (tertiary/aromatic N) is 3. The molecular weight excluding hydrogens is 475 g/mol. The van der Waals surface area contributed by atoms with Crippen molar-refractivity contribution in [2.24, 2.45) is 5.92 Å². The summed E-state index contributed by atoms with van der Waals surface area (Å²) in [6.45, 7) is 4.89. The van der Waals surface area contributed by atoms with Crippen molar-refractivity contribution in [1.82, 2.24) is 14.5 Å². The lowest BCUT2D eigenvalue weighted by Gasteiger charge is -2.25. The predicted octanol–water partition coefficient (Wildman–Crippen LogP) is 4.68. The van der Waals surface area contributed by atoms with Crippen LogP contribution in [0.1, 0.15) is 33.1 Å². The summed E-state index contributed by atoms with van der Waals surface area (Å²) < 4.78 is 26.2. The first kappa shape index (κ1) is 26.3. The van der Waals surface area contributed by atoms with Gasteiger partial charge in [-0.05, 0) is 67.3 Å². The second-order valence-electron chi connectivity index (χ2n) is 9.58. The van der Waals surface area contributed by atoms with Gasteiger partial charge in [0, 0.05) is 37.0 Å². The van der Waals surface area contributed by atoms with Gasteiger partial charge in [0.05, 0.1) is 18.9 Å². The van der Waals surface area contributed by atoms with E-state index in [9.17, 15) is 14.0 Å². The number of hydrogen-bond acceptors (Lipinski definition) is 5. The van der Waals surface area contributed by atoms with E-state index in [1.54, 1.807) is 34.9 Å². The van der Waals surface area contributed by atoms with Crippen LogP contribution >= 0.6 is 0 Å². The second kappa shape index (κ2) is 12.0. The molecule has 2 amide bonds. The lowest BCUT2D eigenvalue weighted by Crippen LogP contribution is -2.42. The molecule has 0 radical (unpaired) electrons. The molecule has 1 aromatic heterocycles. The molecule has 2 aromatic carbocycles. The highest BCUT2D eigenvalue weighted by Gasteiger charge is 2.25. The first-order valence-corrected chi connectivity index (χ1v) is 12.5. The number of benzene rings is 2. The average molecular weight is 509 g/mol. The number of aromatic nitrogens is 2. The van der Waals surface area contributed by atoms with Crippen molar-refractivity contribution in [3.63, 3.8) is 0 Å². The van der Waals surface area contributed by atoms with Gasteiger partial charge in [0.15, 0.2) is 0 Å². The Morgan fingerprint density at radius 2 is 1.92 bits per heavy atom. The van der Waals surface area contributed by atoms with Crippen molar-refractivity contribution in [1.29, 1.82) is 0 Å². The molecule has 3 aromatic rings. The fraction of sp³-hybridized carbons (Fsp3) is 0.393. The fourth-order valence-electron chi connectivity index (χ4n) is 4.27. The maximum absolute atomic E-state index is 13.6. The Bertz CT molecular complexity index is 1200. The van der Waals surface area contributed by atoms with Gasteiger partial charge in [0.2, 0.25) is 17.8 Å². The molecule has 2 heterocycles. The monoisotopic (exact) mass is 508 g/mol. The summed E-state index contributed by atoms with van der Waals surface area (Å²) in [6.07, 6.45) is 3.89. The van der Waals surface area contributed by atoms with Crippen LogP contribution in [-0.4, -0.2) is 59.2 Å². The van der Waals surface area contributed by atoms with Gasteiger partial charge in [-0.1, -0.05) is 13.8 Å². The van der Waals surface area contributed by atoms with E-state index in [-0.39, 0.29) is 42.1 Å². The fourth-order valence-corrected chi connectivity index (χ4v) is 4.27. The summed E-state index contributed by atoms with van der Waals surface area (Å²) in [6, 6.07) is 13.3. The third-order valence-electron chi connectivity index (χ3n) is 6.17. The van der Waals surface area contributed by atoms with Gasteiger partial charge in [-0.2, -0.15) is 0 Å². The Morgan fingerprint density at radius 1 is 1.19 bits per heavy atom. The van der Waals surface area contributed by atoms with E-state index in [1.807, 2.05) is 38.1 Å². The first-order chi connectivity index (χ1) is 17.8. The third kappa shape index (κ3) is 6.95. The molecule has 0 aliphatic carbocycles. The molecule has 8 nitrogen and oxygen atoms in total. The van der Waals surface area contributed by atoms with E-state index in [2.05, 4.69) is 10.3 Å². The van der Waals surface area contributed by atoms with Crippen molar-refractivity contribution in [3.05, 3.63) is 60.5 Å². The van der Waals surface area contributed by atoms with Crippen molar-refractivity contribution in [2.75, 3.05) is 32.1 Å². The lowest BCUT2D eigenvalue weighted by atomic mass is 10.1. The van der Waals surface area contributed by atoms with Crippen LogP contribution < -0.4 is 10.1 Å². The average Bonchev–Trinajstić information content (AvgIpc) is 3.54. The van der Waals surface area contributed by atoms with Crippen LogP contribution in [-0.2, 0) is 14.3 Å². The summed E-state index contributed by atoms with van der Waals surface area (Å²) in [5, 5.41) is 2.86. The van der Waals surface area contributed by atoms with Gasteiger partial charge < -0.3 is 14.4 Å². The number of hydrogen-bond donors (Lipinski definition) is 1.